The highest BCUT2D eigenvalue weighted by molar-refractivity contribution is 6.34. The summed E-state index contributed by atoms with van der Waals surface area (Å²) in [6.45, 7) is 4.08. The van der Waals surface area contributed by atoms with Gasteiger partial charge < -0.3 is 27.0 Å². The van der Waals surface area contributed by atoms with E-state index < -0.39 is 0 Å². The van der Waals surface area contributed by atoms with Crippen LogP contribution in [0.25, 0.3) is 0 Å². The molecule has 1 saturated carbocycles. The first-order chi connectivity index (χ1) is 15.2. The van der Waals surface area contributed by atoms with Gasteiger partial charge in [0.25, 0.3) is 5.91 Å². The zero-order valence-electron chi connectivity index (χ0n) is 18.6. The third-order valence-corrected chi connectivity index (χ3v) is 5.90. The molecular formula is C24H31ClN6O. The lowest BCUT2D eigenvalue weighted by atomic mass is 9.91. The average Bonchev–Trinajstić information content (AvgIpc) is 2.74. The molecule has 0 radical (unpaired) electrons. The maximum Gasteiger partial charge on any atom is 0.253 e. The molecule has 0 bridgehead atoms. The van der Waals surface area contributed by atoms with Gasteiger partial charge in [0.05, 0.1) is 16.3 Å². The second-order valence-electron chi connectivity index (χ2n) is 8.26. The van der Waals surface area contributed by atoms with Crippen molar-refractivity contribution in [1.29, 1.82) is 0 Å². The Morgan fingerprint density at radius 1 is 1.12 bits per heavy atom. The summed E-state index contributed by atoms with van der Waals surface area (Å²) in [5.74, 6) is 1.08. The molecule has 2 aliphatic carbocycles. The van der Waals surface area contributed by atoms with Crippen molar-refractivity contribution in [2.45, 2.75) is 37.8 Å². The second-order valence-corrected chi connectivity index (χ2v) is 8.67. The fourth-order valence-corrected chi connectivity index (χ4v) is 4.08. The van der Waals surface area contributed by atoms with Gasteiger partial charge in [0.1, 0.15) is 11.6 Å². The summed E-state index contributed by atoms with van der Waals surface area (Å²) in [4.78, 5) is 19.1. The van der Waals surface area contributed by atoms with Crippen molar-refractivity contribution in [3.8, 4) is 0 Å². The predicted octanol–water partition coefficient (Wildman–Crippen LogP) is 3.32. The topological polar surface area (TPSA) is 109 Å². The van der Waals surface area contributed by atoms with Crippen LogP contribution in [0.15, 0.2) is 71.3 Å². The highest BCUT2D eigenvalue weighted by atomic mass is 35.5. The molecule has 170 valence electrons. The molecular weight excluding hydrogens is 424 g/mol. The number of nitrogen functional groups attached to an aromatic ring is 1. The van der Waals surface area contributed by atoms with Gasteiger partial charge in [-0.05, 0) is 56.0 Å². The van der Waals surface area contributed by atoms with E-state index in [4.69, 9.17) is 23.1 Å². The lowest BCUT2D eigenvalue weighted by Crippen LogP contribution is -2.42. The molecule has 6 N–H and O–H groups in total. The summed E-state index contributed by atoms with van der Waals surface area (Å²) in [7, 11) is 3.80. The third kappa shape index (κ3) is 5.95. The smallest absolute Gasteiger partial charge is 0.253 e. The van der Waals surface area contributed by atoms with Crippen LogP contribution in [0.3, 0.4) is 0 Å². The molecule has 1 aromatic rings. The lowest BCUT2D eigenvalue weighted by Gasteiger charge is -2.30. The van der Waals surface area contributed by atoms with Gasteiger partial charge in [0.15, 0.2) is 0 Å². The normalized spacial score (nSPS) is 23.0. The number of amides is 1. The van der Waals surface area contributed by atoms with E-state index in [1.165, 1.54) is 0 Å². The summed E-state index contributed by atoms with van der Waals surface area (Å²) < 4.78 is 0. The number of carbonyl (C=O) groups excluding carboxylic acids is 1. The Balaban J connectivity index is 1.53. The highest BCUT2D eigenvalue weighted by Crippen LogP contribution is 2.23. The molecule has 8 heteroatoms. The van der Waals surface area contributed by atoms with Crippen LogP contribution >= 0.6 is 11.6 Å². The van der Waals surface area contributed by atoms with Crippen LogP contribution in [0.4, 0.5) is 5.69 Å². The summed E-state index contributed by atoms with van der Waals surface area (Å²) in [6, 6.07) is 5.29. The van der Waals surface area contributed by atoms with Crippen molar-refractivity contribution in [3.05, 3.63) is 76.9 Å². The van der Waals surface area contributed by atoms with E-state index in [1.807, 2.05) is 43.3 Å². The minimum atomic E-state index is -0.169. The maximum atomic E-state index is 12.5. The van der Waals surface area contributed by atoms with Crippen molar-refractivity contribution >= 4 is 28.9 Å². The van der Waals surface area contributed by atoms with Gasteiger partial charge in [-0.2, -0.15) is 0 Å². The fourth-order valence-electron chi connectivity index (χ4n) is 3.80. The van der Waals surface area contributed by atoms with Crippen molar-refractivity contribution < 1.29 is 4.79 Å². The molecule has 3 rings (SSSR count). The minimum absolute atomic E-state index is 0.106. The zero-order valence-corrected chi connectivity index (χ0v) is 19.3. The maximum absolute atomic E-state index is 12.5. The number of aliphatic imine (C=N–C) groups is 1. The van der Waals surface area contributed by atoms with Gasteiger partial charge in [-0.3, -0.25) is 4.79 Å². The quantitative estimate of drug-likeness (QED) is 0.493. The number of rotatable bonds is 6. The molecule has 0 aromatic heterocycles. The van der Waals surface area contributed by atoms with Crippen LogP contribution in [0.1, 0.15) is 36.0 Å². The van der Waals surface area contributed by atoms with Gasteiger partial charge in [0.2, 0.25) is 0 Å². The van der Waals surface area contributed by atoms with Crippen LogP contribution in [0.5, 0.6) is 0 Å². The predicted molar refractivity (Wildman–Crippen MR) is 132 cm³/mol. The molecule has 0 saturated heterocycles. The molecule has 1 fully saturated rings. The van der Waals surface area contributed by atoms with Crippen LogP contribution in [0.2, 0.25) is 5.02 Å². The standard InChI is InChI=1S/C24H31ClN6O/c1-15(29-22-7-5-4-6-20(22)23(27)31(2)3)28-17-9-11-18(12-10-17)30-24(32)19-13-8-16(26)14-21(19)25/h4-8,13-14,17-18,28H,1,9-12,26-27H2,2-3H3,(H,30,32)/b23-20+,29-22-/t17-,18+. The second kappa shape index (κ2) is 10.4. The molecule has 0 aliphatic heterocycles. The molecule has 2 aliphatic rings. The van der Waals surface area contributed by atoms with Crippen LogP contribution in [0, 0.1) is 0 Å². The number of carbonyl (C=O) groups is 1. The Morgan fingerprint density at radius 3 is 2.38 bits per heavy atom. The minimum Gasteiger partial charge on any atom is -0.399 e. The molecule has 0 heterocycles. The zero-order chi connectivity index (χ0) is 23.3. The van der Waals surface area contributed by atoms with E-state index in [1.54, 1.807) is 18.2 Å². The molecule has 0 unspecified atom stereocenters. The number of anilines is 1. The number of nitrogens with two attached hydrogens (primary N) is 2. The van der Waals surface area contributed by atoms with Gasteiger partial charge in [-0.25, -0.2) is 4.99 Å². The van der Waals surface area contributed by atoms with E-state index in [0.29, 0.717) is 27.9 Å². The Kier molecular flexibility index (Phi) is 7.64. The Bertz CT molecular complexity index is 1000. The van der Waals surface area contributed by atoms with E-state index in [-0.39, 0.29) is 18.0 Å². The van der Waals surface area contributed by atoms with Gasteiger partial charge in [-0.1, -0.05) is 30.3 Å². The highest BCUT2D eigenvalue weighted by Gasteiger charge is 2.24. The van der Waals surface area contributed by atoms with Crippen molar-refractivity contribution in [1.82, 2.24) is 15.5 Å². The lowest BCUT2D eigenvalue weighted by molar-refractivity contribution is 0.0925. The summed E-state index contributed by atoms with van der Waals surface area (Å²) in [5.41, 5.74) is 14.5. The van der Waals surface area contributed by atoms with E-state index in [9.17, 15) is 4.79 Å². The average molecular weight is 455 g/mol. The summed E-state index contributed by atoms with van der Waals surface area (Å²) in [6.07, 6.45) is 11.3. The van der Waals surface area contributed by atoms with E-state index in [0.717, 1.165) is 37.0 Å². The largest absolute Gasteiger partial charge is 0.399 e. The van der Waals surface area contributed by atoms with Crippen LogP contribution in [-0.4, -0.2) is 42.7 Å². The number of nitrogens with zero attached hydrogens (tertiary/aromatic N) is 2. The van der Waals surface area contributed by atoms with Crippen LogP contribution in [-0.2, 0) is 0 Å². The Labute approximate surface area is 194 Å². The number of benzene rings is 1. The van der Waals surface area contributed by atoms with Crippen molar-refractivity contribution in [3.63, 3.8) is 0 Å². The van der Waals surface area contributed by atoms with Gasteiger partial charge >= 0.3 is 0 Å². The number of allylic oxidation sites excluding steroid dienone is 5. The van der Waals surface area contributed by atoms with Crippen molar-refractivity contribution in [2.75, 3.05) is 19.8 Å². The SMILES string of the molecule is C=C(/N=C1/C=CC=C/C1=C(/N)N(C)C)N[C@H]1CC[C@@H](NC(=O)c2ccc(N)cc2Cl)CC1. The van der Waals surface area contributed by atoms with Gasteiger partial charge in [-0.15, -0.1) is 0 Å². The number of nitrogens with one attached hydrogen (secondary N) is 2. The number of hydrogen-bond acceptors (Lipinski definition) is 6. The molecule has 1 amide bonds. The van der Waals surface area contributed by atoms with E-state index >= 15 is 0 Å². The fraction of sp³-hybridized carbons (Fsp3) is 0.333. The Hall–Kier alpha value is -3.19. The molecule has 1 aromatic carbocycles. The van der Waals surface area contributed by atoms with Crippen molar-refractivity contribution in [2.24, 2.45) is 10.7 Å². The molecule has 0 atom stereocenters. The molecule has 0 spiro atoms. The first-order valence-electron chi connectivity index (χ1n) is 10.7. The number of hydrogen-bond donors (Lipinski definition) is 4. The molecule has 7 nitrogen and oxygen atoms in total. The first kappa shape index (κ1) is 23.5. The third-order valence-electron chi connectivity index (χ3n) is 5.59. The monoisotopic (exact) mass is 454 g/mol. The summed E-state index contributed by atoms with van der Waals surface area (Å²) >= 11 is 6.15. The van der Waals surface area contributed by atoms with Crippen LogP contribution < -0.4 is 22.1 Å². The van der Waals surface area contributed by atoms with Gasteiger partial charge in [0, 0.05) is 37.4 Å². The molecule has 32 heavy (non-hydrogen) atoms. The van der Waals surface area contributed by atoms with E-state index in [2.05, 4.69) is 22.2 Å². The summed E-state index contributed by atoms with van der Waals surface area (Å²) in [5, 5.41) is 6.86. The first-order valence-corrected chi connectivity index (χ1v) is 11.0. The number of halogens is 1. The Morgan fingerprint density at radius 2 is 1.75 bits per heavy atom.